The Bertz CT molecular complexity index is 767. The number of hydrazine groups is 1. The summed E-state index contributed by atoms with van der Waals surface area (Å²) in [6, 6.07) is 7.11. The summed E-state index contributed by atoms with van der Waals surface area (Å²) in [4.78, 5) is 37.7. The summed E-state index contributed by atoms with van der Waals surface area (Å²) in [5, 5.41) is 4.35. The molecule has 0 unspecified atom stereocenters. The van der Waals surface area contributed by atoms with E-state index in [1.807, 2.05) is 12.2 Å². The molecule has 0 bridgehead atoms. The number of amides is 3. The molecule has 0 spiro atoms. The Hall–Kier alpha value is -2.63. The van der Waals surface area contributed by atoms with Gasteiger partial charge in [-0.05, 0) is 43.9 Å². The lowest BCUT2D eigenvalue weighted by molar-refractivity contribution is -0.139. The lowest BCUT2D eigenvalue weighted by Crippen LogP contribution is -2.59. The van der Waals surface area contributed by atoms with Crippen LogP contribution in [0.15, 0.2) is 36.4 Å². The number of hydrogen-bond donors (Lipinski definition) is 2. The van der Waals surface area contributed by atoms with E-state index in [2.05, 4.69) is 10.7 Å². The highest BCUT2D eigenvalue weighted by Gasteiger charge is 2.42. The average Bonchev–Trinajstić information content (AvgIpc) is 3.18. The smallest absolute Gasteiger partial charge is 0.251 e. The van der Waals surface area contributed by atoms with E-state index in [0.717, 1.165) is 25.7 Å². The van der Waals surface area contributed by atoms with Crippen LogP contribution in [0.1, 0.15) is 48.9 Å². The first-order chi connectivity index (χ1) is 12.6. The number of carbonyl (C=O) groups excluding carboxylic acids is 3. The Kier molecular flexibility index (Phi) is 4.49. The number of rotatable bonds is 3. The molecular weight excluding hydrogens is 330 g/mol. The van der Waals surface area contributed by atoms with Crippen LogP contribution in [0.3, 0.4) is 0 Å². The average molecular weight is 353 g/mol. The summed E-state index contributed by atoms with van der Waals surface area (Å²) in [5.41, 5.74) is 3.73. The predicted molar refractivity (Wildman–Crippen MR) is 97.1 cm³/mol. The third-order valence-electron chi connectivity index (χ3n) is 5.59. The third-order valence-corrected chi connectivity index (χ3v) is 5.59. The fraction of sp³-hybridized carbons (Fsp3) is 0.450. The molecule has 136 valence electrons. The van der Waals surface area contributed by atoms with Crippen molar-refractivity contribution >= 4 is 23.4 Å². The lowest BCUT2D eigenvalue weighted by Gasteiger charge is -2.38. The van der Waals surface area contributed by atoms with Gasteiger partial charge in [-0.3, -0.25) is 19.8 Å². The molecule has 2 aliphatic carbocycles. The summed E-state index contributed by atoms with van der Waals surface area (Å²) in [6.07, 6.45) is 9.42. The van der Waals surface area contributed by atoms with Crippen LogP contribution in [-0.2, 0) is 9.59 Å². The highest BCUT2D eigenvalue weighted by Crippen LogP contribution is 2.32. The van der Waals surface area contributed by atoms with Gasteiger partial charge < -0.3 is 5.32 Å². The molecule has 2 fully saturated rings. The maximum Gasteiger partial charge on any atom is 0.251 e. The van der Waals surface area contributed by atoms with Crippen LogP contribution in [0.2, 0.25) is 0 Å². The standard InChI is InChI=1S/C20H23N3O3/c24-18(21-14-7-1-2-8-14)13-6-5-9-15(12-13)23-20(26)17-11-4-3-10-16(17)19(25)22-23/h3-6,9,12,14,16-17H,1-2,7-8,10-11H2,(H,21,24)(H,22,25)/t16-,17-/m0/s1. The van der Waals surface area contributed by atoms with Gasteiger partial charge in [0.05, 0.1) is 17.5 Å². The Morgan fingerprint density at radius 2 is 1.81 bits per heavy atom. The minimum absolute atomic E-state index is 0.118. The van der Waals surface area contributed by atoms with Gasteiger partial charge in [0.25, 0.3) is 5.91 Å². The van der Waals surface area contributed by atoms with Crippen LogP contribution in [0.5, 0.6) is 0 Å². The van der Waals surface area contributed by atoms with Gasteiger partial charge in [-0.25, -0.2) is 5.01 Å². The van der Waals surface area contributed by atoms with Crippen molar-refractivity contribution in [3.8, 4) is 0 Å². The summed E-state index contributed by atoms with van der Waals surface area (Å²) < 4.78 is 0. The zero-order chi connectivity index (χ0) is 18.1. The normalized spacial score (nSPS) is 25.8. The summed E-state index contributed by atoms with van der Waals surface area (Å²) >= 11 is 0. The molecule has 2 atom stereocenters. The van der Waals surface area contributed by atoms with Crippen molar-refractivity contribution in [2.24, 2.45) is 11.8 Å². The Morgan fingerprint density at radius 1 is 1.08 bits per heavy atom. The molecule has 1 aromatic carbocycles. The number of hydrogen-bond acceptors (Lipinski definition) is 3. The zero-order valence-electron chi connectivity index (χ0n) is 14.6. The first-order valence-corrected chi connectivity index (χ1v) is 9.34. The van der Waals surface area contributed by atoms with Crippen LogP contribution in [0.4, 0.5) is 5.69 Å². The van der Waals surface area contributed by atoms with Crippen molar-refractivity contribution in [2.45, 2.75) is 44.6 Å². The third kappa shape index (κ3) is 3.11. The summed E-state index contributed by atoms with van der Waals surface area (Å²) in [7, 11) is 0. The van der Waals surface area contributed by atoms with Crippen LogP contribution in [0.25, 0.3) is 0 Å². The highest BCUT2D eigenvalue weighted by molar-refractivity contribution is 6.05. The van der Waals surface area contributed by atoms with Crippen molar-refractivity contribution in [3.63, 3.8) is 0 Å². The molecule has 6 heteroatoms. The van der Waals surface area contributed by atoms with Gasteiger partial charge in [-0.2, -0.15) is 0 Å². The molecule has 1 aliphatic heterocycles. The van der Waals surface area contributed by atoms with E-state index < -0.39 is 0 Å². The van der Waals surface area contributed by atoms with Crippen molar-refractivity contribution < 1.29 is 14.4 Å². The molecule has 1 saturated heterocycles. The minimum atomic E-state index is -0.329. The Labute approximate surface area is 152 Å². The van der Waals surface area contributed by atoms with E-state index in [1.54, 1.807) is 24.3 Å². The van der Waals surface area contributed by atoms with Gasteiger partial charge in [-0.1, -0.05) is 31.1 Å². The number of anilines is 1. The van der Waals surface area contributed by atoms with Gasteiger partial charge in [-0.15, -0.1) is 0 Å². The van der Waals surface area contributed by atoms with E-state index in [-0.39, 0.29) is 35.6 Å². The van der Waals surface area contributed by atoms with Crippen molar-refractivity contribution in [1.29, 1.82) is 0 Å². The van der Waals surface area contributed by atoms with Gasteiger partial charge in [0, 0.05) is 11.6 Å². The molecule has 1 heterocycles. The van der Waals surface area contributed by atoms with Crippen molar-refractivity contribution in [2.75, 3.05) is 5.01 Å². The second kappa shape index (κ2) is 6.94. The molecule has 6 nitrogen and oxygen atoms in total. The number of nitrogens with zero attached hydrogens (tertiary/aromatic N) is 1. The predicted octanol–water partition coefficient (Wildman–Crippen LogP) is 2.32. The Morgan fingerprint density at radius 3 is 2.58 bits per heavy atom. The van der Waals surface area contributed by atoms with E-state index in [0.29, 0.717) is 24.1 Å². The fourth-order valence-corrected chi connectivity index (χ4v) is 4.11. The van der Waals surface area contributed by atoms with Crippen molar-refractivity contribution in [3.05, 3.63) is 42.0 Å². The zero-order valence-corrected chi connectivity index (χ0v) is 14.6. The molecule has 4 rings (SSSR count). The van der Waals surface area contributed by atoms with Gasteiger partial charge in [0.2, 0.25) is 11.8 Å². The van der Waals surface area contributed by atoms with Crippen LogP contribution in [-0.4, -0.2) is 23.8 Å². The summed E-state index contributed by atoms with van der Waals surface area (Å²) in [5.74, 6) is -1.01. The number of allylic oxidation sites excluding steroid dienone is 2. The maximum absolute atomic E-state index is 12.8. The number of fused-ring (bicyclic) bond motifs is 1. The number of benzene rings is 1. The van der Waals surface area contributed by atoms with Gasteiger partial charge >= 0.3 is 0 Å². The summed E-state index contributed by atoms with van der Waals surface area (Å²) in [6.45, 7) is 0. The molecular formula is C20H23N3O3. The van der Waals surface area contributed by atoms with Crippen molar-refractivity contribution in [1.82, 2.24) is 10.7 Å². The second-order valence-electron chi connectivity index (χ2n) is 7.31. The molecule has 0 radical (unpaired) electrons. The van der Waals surface area contributed by atoms with E-state index >= 15 is 0 Å². The fourth-order valence-electron chi connectivity index (χ4n) is 4.11. The van der Waals surface area contributed by atoms with Gasteiger partial charge in [0.15, 0.2) is 0 Å². The highest BCUT2D eigenvalue weighted by atomic mass is 16.2. The van der Waals surface area contributed by atoms with Crippen LogP contribution < -0.4 is 15.8 Å². The molecule has 1 saturated carbocycles. The first-order valence-electron chi connectivity index (χ1n) is 9.34. The molecule has 0 aromatic heterocycles. The van der Waals surface area contributed by atoms with E-state index in [4.69, 9.17) is 0 Å². The van der Waals surface area contributed by atoms with Crippen LogP contribution in [0, 0.1) is 11.8 Å². The minimum Gasteiger partial charge on any atom is -0.349 e. The monoisotopic (exact) mass is 353 g/mol. The molecule has 26 heavy (non-hydrogen) atoms. The molecule has 1 aromatic rings. The maximum atomic E-state index is 12.8. The molecule has 3 aliphatic rings. The van der Waals surface area contributed by atoms with E-state index in [1.165, 1.54) is 5.01 Å². The van der Waals surface area contributed by atoms with Crippen LogP contribution >= 0.6 is 0 Å². The number of nitrogens with one attached hydrogen (secondary N) is 2. The lowest BCUT2D eigenvalue weighted by atomic mass is 9.80. The van der Waals surface area contributed by atoms with E-state index in [9.17, 15) is 14.4 Å². The second-order valence-corrected chi connectivity index (χ2v) is 7.31. The first kappa shape index (κ1) is 16.8. The SMILES string of the molecule is O=C(NC1CCCC1)c1cccc(N2NC(=O)[C@H]3CC=CC[C@@H]3C2=O)c1. The quantitative estimate of drug-likeness (QED) is 0.819. The van der Waals surface area contributed by atoms with Gasteiger partial charge in [0.1, 0.15) is 0 Å². The topological polar surface area (TPSA) is 78.5 Å². The molecule has 2 N–H and O–H groups in total. The largest absolute Gasteiger partial charge is 0.349 e. The number of carbonyl (C=O) groups is 3. The Balaban J connectivity index is 1.54. The molecule has 3 amide bonds.